The maximum atomic E-state index is 12.9. The Hall–Kier alpha value is -3.36. The minimum absolute atomic E-state index is 0.179. The first-order valence-corrected chi connectivity index (χ1v) is 13.2. The smallest absolute Gasteiger partial charge is 0.245 e. The zero-order valence-electron chi connectivity index (χ0n) is 20.6. The molecule has 0 aliphatic heterocycles. The fourth-order valence-electron chi connectivity index (χ4n) is 3.14. The van der Waals surface area contributed by atoms with Crippen molar-refractivity contribution in [1.82, 2.24) is 10.0 Å². The van der Waals surface area contributed by atoms with Gasteiger partial charge in [-0.2, -0.15) is 4.72 Å². The second-order valence-corrected chi connectivity index (χ2v) is 9.91. The molecule has 0 saturated heterocycles. The largest absolute Gasteiger partial charge is 0.494 e. The average Bonchev–Trinajstić information content (AvgIpc) is 2.85. The molecule has 2 unspecified atom stereocenters. The highest BCUT2D eigenvalue weighted by Crippen LogP contribution is 2.20. The van der Waals surface area contributed by atoms with E-state index in [1.54, 1.807) is 24.3 Å². The fourth-order valence-corrected chi connectivity index (χ4v) is 4.11. The van der Waals surface area contributed by atoms with Crippen LogP contribution in [0.2, 0.25) is 0 Å². The van der Waals surface area contributed by atoms with Crippen molar-refractivity contribution in [3.05, 3.63) is 96.6 Å². The number of benzene rings is 3. The second-order valence-electron chi connectivity index (χ2n) is 8.16. The monoisotopic (exact) mass is 498 g/mol. The molecule has 0 aliphatic rings. The molecule has 1 amide bonds. The van der Waals surface area contributed by atoms with Crippen LogP contribution in [-0.4, -0.2) is 39.3 Å². The third-order valence-corrected chi connectivity index (χ3v) is 5.71. The van der Waals surface area contributed by atoms with Crippen LogP contribution in [0.25, 0.3) is 0 Å². The number of hydrogen-bond acceptors (Lipinski definition) is 5. The molecule has 0 heterocycles. The van der Waals surface area contributed by atoms with Crippen molar-refractivity contribution in [2.75, 3.05) is 19.5 Å². The molecule has 2 N–H and O–H groups in total. The zero-order valence-corrected chi connectivity index (χ0v) is 21.4. The molecular weight excluding hydrogens is 464 g/mol. The maximum absolute atomic E-state index is 12.9. The van der Waals surface area contributed by atoms with Crippen molar-refractivity contribution in [3.8, 4) is 11.5 Å². The number of sulfonamides is 1. The van der Waals surface area contributed by atoms with Crippen LogP contribution < -0.4 is 19.5 Å². The second kappa shape index (κ2) is 13.5. The van der Waals surface area contributed by atoms with Gasteiger partial charge in [0.05, 0.1) is 18.9 Å². The van der Waals surface area contributed by atoms with Gasteiger partial charge in [-0.1, -0.05) is 66.7 Å². The molecule has 35 heavy (non-hydrogen) atoms. The number of hydrogen-bond donors (Lipinski definition) is 2. The lowest BCUT2D eigenvalue weighted by molar-refractivity contribution is -0.128. The number of carbonyl (C=O) groups is 1. The molecule has 8 heteroatoms. The Bertz CT molecular complexity index is 1100. The standard InChI is InChI=1S/C21H28N2O5S.C6H6/c1-5-27-18-11-13-19(14-12-18)28-15-21(3,23-29(4,25)26)20(24)22-16(2)17-9-7-6-8-10-17;1-2-4-6-5-3-1/h6-14,16,23H,5,15H2,1-4H3,(H,22,24);1-6H. The van der Waals surface area contributed by atoms with Gasteiger partial charge in [0.15, 0.2) is 0 Å². The van der Waals surface area contributed by atoms with E-state index in [1.807, 2.05) is 80.6 Å². The highest BCUT2D eigenvalue weighted by Gasteiger charge is 2.38. The van der Waals surface area contributed by atoms with Crippen molar-refractivity contribution in [1.29, 1.82) is 0 Å². The van der Waals surface area contributed by atoms with Crippen LogP contribution in [0, 0.1) is 0 Å². The number of amides is 1. The molecule has 3 rings (SSSR count). The molecule has 188 valence electrons. The van der Waals surface area contributed by atoms with E-state index in [-0.39, 0.29) is 12.6 Å². The van der Waals surface area contributed by atoms with Crippen LogP contribution in [0.1, 0.15) is 32.4 Å². The van der Waals surface area contributed by atoms with Gasteiger partial charge in [0, 0.05) is 0 Å². The van der Waals surface area contributed by atoms with Gasteiger partial charge in [0.25, 0.3) is 0 Å². The molecular formula is C27H34N2O5S. The Morgan fingerprint density at radius 2 is 1.31 bits per heavy atom. The summed E-state index contributed by atoms with van der Waals surface area (Å²) in [4.78, 5) is 12.9. The molecule has 2 atom stereocenters. The average molecular weight is 499 g/mol. The first kappa shape index (κ1) is 27.9. The van der Waals surface area contributed by atoms with Gasteiger partial charge < -0.3 is 14.8 Å². The minimum atomic E-state index is -3.66. The van der Waals surface area contributed by atoms with Crippen LogP contribution >= 0.6 is 0 Å². The summed E-state index contributed by atoms with van der Waals surface area (Å²) in [5.41, 5.74) is -0.579. The maximum Gasteiger partial charge on any atom is 0.245 e. The van der Waals surface area contributed by atoms with E-state index in [9.17, 15) is 13.2 Å². The van der Waals surface area contributed by atoms with Crippen molar-refractivity contribution >= 4 is 15.9 Å². The van der Waals surface area contributed by atoms with Crippen molar-refractivity contribution in [2.24, 2.45) is 0 Å². The van der Waals surface area contributed by atoms with E-state index in [0.29, 0.717) is 18.1 Å². The summed E-state index contributed by atoms with van der Waals surface area (Å²) in [5, 5.41) is 2.86. The van der Waals surface area contributed by atoms with Crippen molar-refractivity contribution in [3.63, 3.8) is 0 Å². The first-order chi connectivity index (χ1) is 16.6. The topological polar surface area (TPSA) is 93.7 Å². The quantitative estimate of drug-likeness (QED) is 0.434. The molecule has 0 fully saturated rings. The van der Waals surface area contributed by atoms with Crippen LogP contribution in [-0.2, 0) is 14.8 Å². The van der Waals surface area contributed by atoms with Gasteiger partial charge in [0.1, 0.15) is 23.6 Å². The lowest BCUT2D eigenvalue weighted by Gasteiger charge is -2.30. The zero-order chi connectivity index (χ0) is 25.7. The van der Waals surface area contributed by atoms with E-state index in [0.717, 1.165) is 11.8 Å². The molecule has 0 saturated carbocycles. The van der Waals surface area contributed by atoms with Crippen LogP contribution in [0.15, 0.2) is 91.0 Å². The summed E-state index contributed by atoms with van der Waals surface area (Å²) in [7, 11) is -3.66. The number of rotatable bonds is 10. The Kier molecular flexibility index (Phi) is 10.8. The predicted molar refractivity (Wildman–Crippen MR) is 139 cm³/mol. The molecule has 0 aromatic heterocycles. The van der Waals surface area contributed by atoms with Crippen molar-refractivity contribution in [2.45, 2.75) is 32.4 Å². The first-order valence-electron chi connectivity index (χ1n) is 11.3. The lowest BCUT2D eigenvalue weighted by Crippen LogP contribution is -2.60. The van der Waals surface area contributed by atoms with E-state index >= 15 is 0 Å². The SMILES string of the molecule is CCOc1ccc(OCC(C)(NS(C)(=O)=O)C(=O)NC(C)c2ccccc2)cc1.c1ccccc1. The summed E-state index contributed by atoms with van der Waals surface area (Å²) in [5.74, 6) is 0.718. The van der Waals surface area contributed by atoms with E-state index in [1.165, 1.54) is 6.92 Å². The van der Waals surface area contributed by atoms with E-state index < -0.39 is 21.5 Å². The molecule has 0 radical (unpaired) electrons. The van der Waals surface area contributed by atoms with Gasteiger partial charge in [0.2, 0.25) is 15.9 Å². The van der Waals surface area contributed by atoms with Gasteiger partial charge in [-0.15, -0.1) is 0 Å². The van der Waals surface area contributed by atoms with Crippen LogP contribution in [0.3, 0.4) is 0 Å². The van der Waals surface area contributed by atoms with Gasteiger partial charge in [-0.05, 0) is 50.6 Å². The van der Waals surface area contributed by atoms with Gasteiger partial charge in [-0.3, -0.25) is 4.79 Å². The summed E-state index contributed by atoms with van der Waals surface area (Å²) in [6, 6.07) is 28.0. The summed E-state index contributed by atoms with van der Waals surface area (Å²) >= 11 is 0. The van der Waals surface area contributed by atoms with Crippen LogP contribution in [0.5, 0.6) is 11.5 Å². The highest BCUT2D eigenvalue weighted by atomic mass is 32.2. The number of ether oxygens (including phenoxy) is 2. The molecule has 3 aromatic rings. The number of carbonyl (C=O) groups excluding carboxylic acids is 1. The Morgan fingerprint density at radius 1 is 0.857 bits per heavy atom. The Morgan fingerprint density at radius 3 is 1.77 bits per heavy atom. The number of nitrogens with one attached hydrogen (secondary N) is 2. The van der Waals surface area contributed by atoms with Crippen molar-refractivity contribution < 1.29 is 22.7 Å². The molecule has 0 spiro atoms. The lowest BCUT2D eigenvalue weighted by atomic mass is 10.0. The van der Waals surface area contributed by atoms with Gasteiger partial charge in [-0.25, -0.2) is 8.42 Å². The molecule has 3 aromatic carbocycles. The van der Waals surface area contributed by atoms with E-state index in [4.69, 9.17) is 9.47 Å². The summed E-state index contributed by atoms with van der Waals surface area (Å²) in [6.07, 6.45) is 1.01. The Balaban J connectivity index is 0.000000625. The summed E-state index contributed by atoms with van der Waals surface area (Å²) < 4.78 is 37.2. The predicted octanol–water partition coefficient (Wildman–Crippen LogP) is 4.34. The summed E-state index contributed by atoms with van der Waals surface area (Å²) in [6.45, 7) is 5.59. The van der Waals surface area contributed by atoms with Crippen LogP contribution in [0.4, 0.5) is 0 Å². The molecule has 0 bridgehead atoms. The minimum Gasteiger partial charge on any atom is -0.494 e. The third kappa shape index (κ3) is 10.2. The van der Waals surface area contributed by atoms with Gasteiger partial charge >= 0.3 is 0 Å². The highest BCUT2D eigenvalue weighted by molar-refractivity contribution is 7.88. The third-order valence-electron chi connectivity index (χ3n) is 4.89. The molecule has 0 aliphatic carbocycles. The normalized spacial score (nSPS) is 13.4. The Labute approximate surface area is 208 Å². The fraction of sp³-hybridized carbons (Fsp3) is 0.296. The molecule has 7 nitrogen and oxygen atoms in total. The van der Waals surface area contributed by atoms with E-state index in [2.05, 4.69) is 10.0 Å².